The number of amides is 1. The fourth-order valence-corrected chi connectivity index (χ4v) is 3.82. The maximum Gasteiger partial charge on any atom is 0.241 e. The van der Waals surface area contributed by atoms with Crippen molar-refractivity contribution in [3.05, 3.63) is 64.7 Å². The standard InChI is InChI=1S/C22H30N2O3S/c1-15(2)19-9-11-21(12-10-19)24(28(6,26)27)14-22(25)23-18(5)20-8-7-16(3)17(4)13-20/h7-13,15,18H,14H2,1-6H3,(H,23,25)/t18-/m0/s1. The molecule has 1 N–H and O–H groups in total. The summed E-state index contributed by atoms with van der Waals surface area (Å²) in [7, 11) is -3.59. The Balaban J connectivity index is 2.15. The molecular weight excluding hydrogens is 372 g/mol. The molecule has 6 heteroatoms. The van der Waals surface area contributed by atoms with Crippen molar-refractivity contribution < 1.29 is 13.2 Å². The molecule has 0 aliphatic rings. The van der Waals surface area contributed by atoms with E-state index < -0.39 is 10.0 Å². The number of nitrogens with zero attached hydrogens (tertiary/aromatic N) is 1. The monoisotopic (exact) mass is 402 g/mol. The summed E-state index contributed by atoms with van der Waals surface area (Å²) in [4.78, 5) is 12.6. The number of anilines is 1. The maximum atomic E-state index is 12.6. The first-order valence-electron chi connectivity index (χ1n) is 9.43. The van der Waals surface area contributed by atoms with Gasteiger partial charge in [-0.1, -0.05) is 44.2 Å². The van der Waals surface area contributed by atoms with Crippen LogP contribution in [-0.4, -0.2) is 27.1 Å². The van der Waals surface area contributed by atoms with Crippen LogP contribution < -0.4 is 9.62 Å². The number of aryl methyl sites for hydroxylation is 2. The summed E-state index contributed by atoms with van der Waals surface area (Å²) < 4.78 is 25.7. The molecule has 2 aromatic rings. The molecule has 5 nitrogen and oxygen atoms in total. The smallest absolute Gasteiger partial charge is 0.241 e. The van der Waals surface area contributed by atoms with Crippen LogP contribution >= 0.6 is 0 Å². The van der Waals surface area contributed by atoms with Crippen molar-refractivity contribution >= 4 is 21.6 Å². The lowest BCUT2D eigenvalue weighted by atomic mass is 10.0. The second-order valence-corrected chi connectivity index (χ2v) is 9.56. The fraction of sp³-hybridized carbons (Fsp3) is 0.409. The Labute approximate surface area is 168 Å². The summed E-state index contributed by atoms with van der Waals surface area (Å²) in [5.41, 5.74) is 4.94. The molecule has 0 radical (unpaired) electrons. The highest BCUT2D eigenvalue weighted by Gasteiger charge is 2.22. The molecule has 0 aliphatic carbocycles. The van der Waals surface area contributed by atoms with Crippen molar-refractivity contribution in [2.24, 2.45) is 0 Å². The van der Waals surface area contributed by atoms with Gasteiger partial charge in [-0.25, -0.2) is 8.42 Å². The quantitative estimate of drug-likeness (QED) is 0.759. The van der Waals surface area contributed by atoms with Crippen LogP contribution in [0.5, 0.6) is 0 Å². The molecule has 0 spiro atoms. The average molecular weight is 403 g/mol. The normalized spacial score (nSPS) is 12.7. The van der Waals surface area contributed by atoms with Crippen molar-refractivity contribution in [2.75, 3.05) is 17.1 Å². The summed E-state index contributed by atoms with van der Waals surface area (Å²) in [5.74, 6) is 0.00642. The molecule has 0 unspecified atom stereocenters. The van der Waals surface area contributed by atoms with Gasteiger partial charge < -0.3 is 5.32 Å². The predicted molar refractivity (Wildman–Crippen MR) is 115 cm³/mol. The van der Waals surface area contributed by atoms with E-state index in [2.05, 4.69) is 19.2 Å². The zero-order valence-corrected chi connectivity index (χ0v) is 18.3. The van der Waals surface area contributed by atoms with Crippen LogP contribution in [0, 0.1) is 13.8 Å². The molecular formula is C22H30N2O3S. The van der Waals surface area contributed by atoms with Gasteiger partial charge in [-0.15, -0.1) is 0 Å². The van der Waals surface area contributed by atoms with Crippen LogP contribution in [0.3, 0.4) is 0 Å². The largest absolute Gasteiger partial charge is 0.348 e. The Morgan fingerprint density at radius 1 is 0.964 bits per heavy atom. The molecule has 0 heterocycles. The van der Waals surface area contributed by atoms with Gasteiger partial charge in [-0.05, 0) is 61.1 Å². The minimum Gasteiger partial charge on any atom is -0.348 e. The summed E-state index contributed by atoms with van der Waals surface area (Å²) >= 11 is 0. The zero-order chi connectivity index (χ0) is 21.1. The third-order valence-corrected chi connectivity index (χ3v) is 6.08. The van der Waals surface area contributed by atoms with Crippen molar-refractivity contribution in [3.63, 3.8) is 0 Å². The lowest BCUT2D eigenvalue weighted by molar-refractivity contribution is -0.120. The summed E-state index contributed by atoms with van der Waals surface area (Å²) in [6.45, 7) is 9.85. The van der Waals surface area contributed by atoms with Crippen LogP contribution in [0.2, 0.25) is 0 Å². The highest BCUT2D eigenvalue weighted by atomic mass is 32.2. The van der Waals surface area contributed by atoms with Gasteiger partial charge in [0.15, 0.2) is 0 Å². The molecule has 2 aromatic carbocycles. The first kappa shape index (κ1) is 22.0. The Bertz CT molecular complexity index is 935. The Hall–Kier alpha value is -2.34. The predicted octanol–water partition coefficient (Wildman–Crippen LogP) is 4.07. The van der Waals surface area contributed by atoms with E-state index in [4.69, 9.17) is 0 Å². The van der Waals surface area contributed by atoms with Crippen LogP contribution in [0.15, 0.2) is 42.5 Å². The lowest BCUT2D eigenvalue weighted by Crippen LogP contribution is -2.41. The number of carbonyl (C=O) groups excluding carboxylic acids is 1. The van der Waals surface area contributed by atoms with Crippen molar-refractivity contribution in [1.29, 1.82) is 0 Å². The van der Waals surface area contributed by atoms with Gasteiger partial charge >= 0.3 is 0 Å². The van der Waals surface area contributed by atoms with E-state index in [1.165, 1.54) is 5.56 Å². The van der Waals surface area contributed by atoms with E-state index in [1.807, 2.05) is 51.1 Å². The number of hydrogen-bond donors (Lipinski definition) is 1. The van der Waals surface area contributed by atoms with E-state index in [9.17, 15) is 13.2 Å². The second kappa shape index (κ2) is 8.78. The first-order chi connectivity index (χ1) is 13.0. The molecule has 0 saturated heterocycles. The minimum atomic E-state index is -3.59. The summed E-state index contributed by atoms with van der Waals surface area (Å²) in [6.07, 6.45) is 1.11. The van der Waals surface area contributed by atoms with E-state index in [0.717, 1.165) is 27.3 Å². The number of nitrogens with one attached hydrogen (secondary N) is 1. The third-order valence-electron chi connectivity index (χ3n) is 4.94. The van der Waals surface area contributed by atoms with Crippen molar-refractivity contribution in [3.8, 4) is 0 Å². The number of sulfonamides is 1. The first-order valence-corrected chi connectivity index (χ1v) is 11.3. The molecule has 0 bridgehead atoms. The molecule has 152 valence electrons. The third kappa shape index (κ3) is 5.58. The van der Waals surface area contributed by atoms with Crippen LogP contribution in [0.25, 0.3) is 0 Å². The van der Waals surface area contributed by atoms with Crippen molar-refractivity contribution in [2.45, 2.75) is 46.6 Å². The van der Waals surface area contributed by atoms with Gasteiger partial charge in [0.2, 0.25) is 15.9 Å². The van der Waals surface area contributed by atoms with Gasteiger partial charge in [0, 0.05) is 0 Å². The van der Waals surface area contributed by atoms with E-state index in [0.29, 0.717) is 11.6 Å². The van der Waals surface area contributed by atoms with Crippen molar-refractivity contribution in [1.82, 2.24) is 5.32 Å². The molecule has 2 rings (SSSR count). The van der Waals surface area contributed by atoms with Gasteiger partial charge in [0.25, 0.3) is 0 Å². The van der Waals surface area contributed by atoms with Gasteiger partial charge in [0.05, 0.1) is 18.0 Å². The maximum absolute atomic E-state index is 12.6. The number of benzene rings is 2. The van der Waals surface area contributed by atoms with E-state index in [1.54, 1.807) is 12.1 Å². The Morgan fingerprint density at radius 2 is 1.54 bits per heavy atom. The molecule has 1 amide bonds. The molecule has 0 aromatic heterocycles. The highest BCUT2D eigenvalue weighted by molar-refractivity contribution is 7.92. The molecule has 0 saturated carbocycles. The van der Waals surface area contributed by atoms with Crippen LogP contribution in [0.1, 0.15) is 55.0 Å². The minimum absolute atomic E-state index is 0.212. The SMILES string of the molecule is Cc1ccc([C@H](C)NC(=O)CN(c2ccc(C(C)C)cc2)S(C)(=O)=O)cc1C. The average Bonchev–Trinajstić information content (AvgIpc) is 2.61. The fourth-order valence-electron chi connectivity index (χ4n) is 2.96. The van der Waals surface area contributed by atoms with Gasteiger partial charge in [0.1, 0.15) is 6.54 Å². The number of carbonyl (C=O) groups is 1. The molecule has 1 atom stereocenters. The zero-order valence-electron chi connectivity index (χ0n) is 17.5. The van der Waals surface area contributed by atoms with E-state index >= 15 is 0 Å². The summed E-state index contributed by atoms with van der Waals surface area (Å²) in [5, 5.41) is 2.90. The van der Waals surface area contributed by atoms with E-state index in [-0.39, 0.29) is 18.5 Å². The molecule has 0 fully saturated rings. The molecule has 0 aliphatic heterocycles. The Morgan fingerprint density at radius 3 is 2.04 bits per heavy atom. The Kier molecular flexibility index (Phi) is 6.88. The number of rotatable bonds is 7. The second-order valence-electron chi connectivity index (χ2n) is 7.65. The summed E-state index contributed by atoms with van der Waals surface area (Å²) in [6, 6.07) is 13.1. The van der Waals surface area contributed by atoms with Crippen LogP contribution in [0.4, 0.5) is 5.69 Å². The van der Waals surface area contributed by atoms with Gasteiger partial charge in [-0.2, -0.15) is 0 Å². The number of hydrogen-bond acceptors (Lipinski definition) is 3. The van der Waals surface area contributed by atoms with Crippen LogP contribution in [-0.2, 0) is 14.8 Å². The molecule has 28 heavy (non-hydrogen) atoms. The highest BCUT2D eigenvalue weighted by Crippen LogP contribution is 2.22. The lowest BCUT2D eigenvalue weighted by Gasteiger charge is -2.24. The van der Waals surface area contributed by atoms with Gasteiger partial charge in [-0.3, -0.25) is 9.10 Å². The topological polar surface area (TPSA) is 66.5 Å².